The van der Waals surface area contributed by atoms with Gasteiger partial charge in [-0.15, -0.1) is 0 Å². The molecule has 3 rings (SSSR count). The maximum absolute atomic E-state index is 10.3. The van der Waals surface area contributed by atoms with Crippen LogP contribution in [0.1, 0.15) is 31.2 Å². The van der Waals surface area contributed by atoms with Gasteiger partial charge in [-0.05, 0) is 19.4 Å². The number of ether oxygens (including phenoxy) is 1. The summed E-state index contributed by atoms with van der Waals surface area (Å²) >= 11 is 0. The quantitative estimate of drug-likeness (QED) is 0.478. The number of aromatic nitrogens is 1. The van der Waals surface area contributed by atoms with Crippen LogP contribution in [0.15, 0.2) is 52.2 Å². The van der Waals surface area contributed by atoms with Crippen molar-refractivity contribution in [2.24, 2.45) is 4.99 Å². The molecule has 0 bridgehead atoms. The number of benzene rings is 1. The van der Waals surface area contributed by atoms with Crippen LogP contribution in [0.4, 0.5) is 0 Å². The molecule has 2 atom stereocenters. The Balaban J connectivity index is 1.44. The highest BCUT2D eigenvalue weighted by atomic mass is 16.5. The summed E-state index contributed by atoms with van der Waals surface area (Å²) in [7, 11) is 0. The van der Waals surface area contributed by atoms with Crippen molar-refractivity contribution in [1.29, 1.82) is 0 Å². The third-order valence-corrected chi connectivity index (χ3v) is 5.14. The van der Waals surface area contributed by atoms with Gasteiger partial charge in [-0.2, -0.15) is 0 Å². The maximum Gasteiger partial charge on any atom is 0.194 e. The first-order valence-electron chi connectivity index (χ1n) is 10.6. The Morgan fingerprint density at radius 2 is 2.00 bits per heavy atom. The fraction of sp³-hybridized carbons (Fsp3) is 0.545. The van der Waals surface area contributed by atoms with Crippen LogP contribution in [0.3, 0.4) is 0 Å². The highest BCUT2D eigenvalue weighted by Gasteiger charge is 2.20. The van der Waals surface area contributed by atoms with Crippen molar-refractivity contribution in [1.82, 2.24) is 20.3 Å². The fourth-order valence-corrected chi connectivity index (χ4v) is 3.41. The molecule has 0 aliphatic carbocycles. The smallest absolute Gasteiger partial charge is 0.194 e. The van der Waals surface area contributed by atoms with Crippen LogP contribution in [0.5, 0.6) is 0 Å². The first-order chi connectivity index (χ1) is 14.7. The van der Waals surface area contributed by atoms with Gasteiger partial charge in [0.25, 0.3) is 0 Å². The number of nitrogens with one attached hydrogen (secondary N) is 1. The number of nitrogens with zero attached hydrogens (tertiary/aromatic N) is 4. The standard InChI is InChI=1S/C22H33N5O3/c1-3-23-22(27-12-10-26(11-13-27)16-20-9-14-30-25-20)24-15-21(28)17-29-18(2)19-7-5-4-6-8-19/h4-9,14,18,21,28H,3,10-13,15-17H2,1-2H3,(H,23,24). The molecule has 30 heavy (non-hydrogen) atoms. The number of piperazine rings is 1. The number of rotatable bonds is 9. The zero-order valence-electron chi connectivity index (χ0n) is 17.9. The van der Waals surface area contributed by atoms with Crippen molar-refractivity contribution in [3.8, 4) is 0 Å². The molecule has 2 N–H and O–H groups in total. The number of hydrogen-bond donors (Lipinski definition) is 2. The van der Waals surface area contributed by atoms with Crippen LogP contribution in [-0.2, 0) is 11.3 Å². The lowest BCUT2D eigenvalue weighted by Crippen LogP contribution is -2.52. The summed E-state index contributed by atoms with van der Waals surface area (Å²) in [5, 5.41) is 17.7. The van der Waals surface area contributed by atoms with E-state index in [2.05, 4.69) is 32.2 Å². The normalized spacial score (nSPS) is 17.7. The fourth-order valence-electron chi connectivity index (χ4n) is 3.41. The van der Waals surface area contributed by atoms with Crippen LogP contribution in [0, 0.1) is 0 Å². The van der Waals surface area contributed by atoms with Gasteiger partial charge in [0, 0.05) is 45.3 Å². The second kappa shape index (κ2) is 11.7. The predicted octanol–water partition coefficient (Wildman–Crippen LogP) is 1.90. The molecule has 1 aromatic heterocycles. The van der Waals surface area contributed by atoms with Gasteiger partial charge in [0.15, 0.2) is 5.96 Å². The summed E-state index contributed by atoms with van der Waals surface area (Å²) in [6.45, 7) is 9.81. The second-order valence-corrected chi connectivity index (χ2v) is 7.49. The molecule has 8 heteroatoms. The Bertz CT molecular complexity index is 745. The summed E-state index contributed by atoms with van der Waals surface area (Å²) in [4.78, 5) is 9.24. The molecule has 0 amide bonds. The topological polar surface area (TPSA) is 86.4 Å². The molecule has 1 saturated heterocycles. The molecule has 2 unspecified atom stereocenters. The molecule has 1 aromatic carbocycles. The summed E-state index contributed by atoms with van der Waals surface area (Å²) in [5.74, 6) is 0.841. The van der Waals surface area contributed by atoms with Crippen molar-refractivity contribution < 1.29 is 14.4 Å². The van der Waals surface area contributed by atoms with Crippen LogP contribution in [0.25, 0.3) is 0 Å². The molecule has 1 fully saturated rings. The van der Waals surface area contributed by atoms with E-state index in [1.807, 2.05) is 43.3 Å². The minimum atomic E-state index is -0.640. The zero-order chi connectivity index (χ0) is 21.2. The second-order valence-electron chi connectivity index (χ2n) is 7.49. The Hall–Kier alpha value is -2.42. The van der Waals surface area contributed by atoms with Crippen LogP contribution >= 0.6 is 0 Å². The Morgan fingerprint density at radius 1 is 1.23 bits per heavy atom. The van der Waals surface area contributed by atoms with E-state index in [-0.39, 0.29) is 12.7 Å². The van der Waals surface area contributed by atoms with Crippen LogP contribution < -0.4 is 5.32 Å². The lowest BCUT2D eigenvalue weighted by molar-refractivity contribution is 0.00102. The van der Waals surface area contributed by atoms with Crippen LogP contribution in [-0.4, -0.2) is 78.0 Å². The monoisotopic (exact) mass is 415 g/mol. The van der Waals surface area contributed by atoms with Gasteiger partial charge in [0.05, 0.1) is 31.1 Å². The van der Waals surface area contributed by atoms with E-state index >= 15 is 0 Å². The van der Waals surface area contributed by atoms with E-state index in [4.69, 9.17) is 9.26 Å². The Labute approximate surface area is 178 Å². The van der Waals surface area contributed by atoms with Gasteiger partial charge in [-0.25, -0.2) is 0 Å². The first kappa shape index (κ1) is 22.3. The lowest BCUT2D eigenvalue weighted by atomic mass is 10.1. The Morgan fingerprint density at radius 3 is 2.67 bits per heavy atom. The molecular weight excluding hydrogens is 382 g/mol. The minimum absolute atomic E-state index is 0.0594. The molecule has 2 aromatic rings. The van der Waals surface area contributed by atoms with E-state index in [0.29, 0.717) is 6.54 Å². The van der Waals surface area contributed by atoms with E-state index in [9.17, 15) is 5.11 Å². The van der Waals surface area contributed by atoms with Gasteiger partial charge in [-0.3, -0.25) is 9.89 Å². The first-order valence-corrected chi connectivity index (χ1v) is 10.6. The van der Waals surface area contributed by atoms with E-state index in [0.717, 1.165) is 56.5 Å². The largest absolute Gasteiger partial charge is 0.389 e. The molecule has 2 heterocycles. The SMILES string of the molecule is CCNC(=NCC(O)COC(C)c1ccccc1)N1CCN(Cc2ccon2)CC1. The number of aliphatic hydroxyl groups excluding tert-OH is 1. The van der Waals surface area contributed by atoms with Crippen molar-refractivity contribution in [3.05, 3.63) is 53.9 Å². The average Bonchev–Trinajstić information content (AvgIpc) is 3.29. The Kier molecular flexibility index (Phi) is 8.67. The van der Waals surface area contributed by atoms with Gasteiger partial charge in [-0.1, -0.05) is 35.5 Å². The highest BCUT2D eigenvalue weighted by molar-refractivity contribution is 5.80. The van der Waals surface area contributed by atoms with Gasteiger partial charge in [0.2, 0.25) is 0 Å². The average molecular weight is 416 g/mol. The molecule has 0 spiro atoms. The van der Waals surface area contributed by atoms with Gasteiger partial charge >= 0.3 is 0 Å². The molecule has 8 nitrogen and oxygen atoms in total. The maximum atomic E-state index is 10.3. The number of aliphatic hydroxyl groups is 1. The third-order valence-electron chi connectivity index (χ3n) is 5.14. The van der Waals surface area contributed by atoms with Crippen molar-refractivity contribution in [2.75, 3.05) is 45.9 Å². The molecule has 164 valence electrons. The number of guanidine groups is 1. The van der Waals surface area contributed by atoms with Crippen LogP contribution in [0.2, 0.25) is 0 Å². The molecule has 1 aliphatic rings. The van der Waals surface area contributed by atoms with E-state index < -0.39 is 6.10 Å². The molecule has 0 saturated carbocycles. The summed E-state index contributed by atoms with van der Waals surface area (Å²) in [5.41, 5.74) is 2.06. The van der Waals surface area contributed by atoms with Gasteiger partial charge < -0.3 is 24.6 Å². The minimum Gasteiger partial charge on any atom is -0.389 e. The molecule has 1 aliphatic heterocycles. The highest BCUT2D eigenvalue weighted by Crippen LogP contribution is 2.16. The summed E-state index contributed by atoms with van der Waals surface area (Å²) in [6.07, 6.45) is 0.908. The van der Waals surface area contributed by atoms with Crippen molar-refractivity contribution >= 4 is 5.96 Å². The van der Waals surface area contributed by atoms with Crippen molar-refractivity contribution in [3.63, 3.8) is 0 Å². The van der Waals surface area contributed by atoms with E-state index in [1.165, 1.54) is 0 Å². The van der Waals surface area contributed by atoms with E-state index in [1.54, 1.807) is 6.26 Å². The number of hydrogen-bond acceptors (Lipinski definition) is 6. The molecular formula is C22H33N5O3. The van der Waals surface area contributed by atoms with Gasteiger partial charge in [0.1, 0.15) is 6.26 Å². The predicted molar refractivity (Wildman–Crippen MR) is 116 cm³/mol. The van der Waals surface area contributed by atoms with Crippen molar-refractivity contribution in [2.45, 2.75) is 32.6 Å². The lowest BCUT2D eigenvalue weighted by Gasteiger charge is -2.36. The third kappa shape index (κ3) is 6.83. The summed E-state index contributed by atoms with van der Waals surface area (Å²) in [6, 6.07) is 11.9. The molecule has 0 radical (unpaired) electrons. The summed E-state index contributed by atoms with van der Waals surface area (Å²) < 4.78 is 10.7. The number of aliphatic imine (C=N–C) groups is 1. The zero-order valence-corrected chi connectivity index (χ0v) is 17.9.